The lowest BCUT2D eigenvalue weighted by Crippen LogP contribution is -2.11. The van der Waals surface area contributed by atoms with E-state index in [0.29, 0.717) is 11.1 Å². The molecule has 8 heteroatoms. The van der Waals surface area contributed by atoms with Crippen molar-refractivity contribution >= 4 is 33.2 Å². The molecular weight excluding hydrogens is 282 g/mol. The molecule has 1 amide bonds. The zero-order valence-electron chi connectivity index (χ0n) is 10.3. The Balaban J connectivity index is 2.11. The van der Waals surface area contributed by atoms with Crippen molar-refractivity contribution in [2.75, 3.05) is 5.32 Å². The Morgan fingerprint density at radius 1 is 1.25 bits per heavy atom. The summed E-state index contributed by atoms with van der Waals surface area (Å²) >= 11 is 0.776. The second-order valence-corrected chi connectivity index (χ2v) is 4.86. The highest BCUT2D eigenvalue weighted by atomic mass is 32.1. The number of anilines is 1. The summed E-state index contributed by atoms with van der Waals surface area (Å²) in [6.07, 6.45) is 1.08. The number of aromatic nitrogens is 1. The molecule has 1 aromatic heterocycles. The van der Waals surface area contributed by atoms with Crippen LogP contribution in [0.15, 0.2) is 30.5 Å². The van der Waals surface area contributed by atoms with Crippen LogP contribution in [0.1, 0.15) is 27.6 Å². The van der Waals surface area contributed by atoms with E-state index in [1.54, 1.807) is 12.1 Å². The topological polar surface area (TPSA) is 102 Å². The van der Waals surface area contributed by atoms with Gasteiger partial charge in [0.1, 0.15) is 6.20 Å². The molecule has 0 radical (unpaired) electrons. The summed E-state index contributed by atoms with van der Waals surface area (Å²) in [5.41, 5.74) is 0.847. The highest BCUT2D eigenvalue weighted by Crippen LogP contribution is 2.25. The number of thiazole rings is 1. The van der Waals surface area contributed by atoms with E-state index >= 15 is 0 Å². The molecule has 0 atom stereocenters. The predicted octanol–water partition coefficient (Wildman–Crippen LogP) is 2.51. The van der Waals surface area contributed by atoms with Gasteiger partial charge in [0.15, 0.2) is 10.9 Å². The first-order valence-corrected chi connectivity index (χ1v) is 6.31. The number of hydrogen-bond donors (Lipinski definition) is 1. The van der Waals surface area contributed by atoms with Crippen molar-refractivity contribution in [3.8, 4) is 0 Å². The zero-order chi connectivity index (χ0) is 14.7. The van der Waals surface area contributed by atoms with Gasteiger partial charge in [-0.25, -0.2) is 4.98 Å². The first-order chi connectivity index (χ1) is 9.47. The summed E-state index contributed by atoms with van der Waals surface area (Å²) in [6, 6.07) is 6.10. The van der Waals surface area contributed by atoms with Crippen LogP contribution in [0.2, 0.25) is 0 Å². The van der Waals surface area contributed by atoms with Crippen LogP contribution in [-0.4, -0.2) is 21.6 Å². The first-order valence-electron chi connectivity index (χ1n) is 5.50. The van der Waals surface area contributed by atoms with Crippen LogP contribution in [0.3, 0.4) is 0 Å². The van der Waals surface area contributed by atoms with Gasteiger partial charge in [-0.1, -0.05) is 12.1 Å². The normalized spacial score (nSPS) is 10.1. The van der Waals surface area contributed by atoms with E-state index in [4.69, 9.17) is 0 Å². The van der Waals surface area contributed by atoms with Gasteiger partial charge < -0.3 is 0 Å². The van der Waals surface area contributed by atoms with Crippen molar-refractivity contribution < 1.29 is 14.5 Å². The number of benzene rings is 1. The van der Waals surface area contributed by atoms with Crippen molar-refractivity contribution in [1.29, 1.82) is 0 Å². The number of nitrogens with zero attached hydrogens (tertiary/aromatic N) is 2. The van der Waals surface area contributed by atoms with Crippen LogP contribution in [0.5, 0.6) is 0 Å². The van der Waals surface area contributed by atoms with Gasteiger partial charge in [-0.3, -0.25) is 25.0 Å². The fourth-order valence-electron chi connectivity index (χ4n) is 1.43. The largest absolute Gasteiger partial charge is 0.345 e. The molecule has 1 heterocycles. The molecule has 0 aliphatic rings. The summed E-state index contributed by atoms with van der Waals surface area (Å²) in [5, 5.41) is 13.0. The highest BCUT2D eigenvalue weighted by Gasteiger charge is 2.14. The molecule has 0 saturated carbocycles. The average molecular weight is 291 g/mol. The number of carbonyl (C=O) groups excluding carboxylic acids is 2. The maximum atomic E-state index is 11.9. The second-order valence-electron chi connectivity index (χ2n) is 3.85. The molecule has 0 unspecified atom stereocenters. The average Bonchev–Trinajstić information content (AvgIpc) is 2.87. The van der Waals surface area contributed by atoms with E-state index in [0.717, 1.165) is 17.5 Å². The quantitative estimate of drug-likeness (QED) is 0.529. The van der Waals surface area contributed by atoms with E-state index in [1.807, 2.05) is 0 Å². The minimum absolute atomic E-state index is 0.0903. The number of Topliss-reactive ketones (excluding diaryl/α,β-unsaturated/α-hetero) is 1. The molecule has 1 aromatic carbocycles. The van der Waals surface area contributed by atoms with Gasteiger partial charge in [0.05, 0.1) is 4.92 Å². The standard InChI is InChI=1S/C12H9N3O4S/c1-7(16)8-2-4-9(5-3-8)11(17)14-12-13-6-10(20-12)15(18)19/h2-6H,1H3,(H,13,14,17). The molecule has 0 aliphatic heterocycles. The highest BCUT2D eigenvalue weighted by molar-refractivity contribution is 7.18. The Morgan fingerprint density at radius 2 is 1.85 bits per heavy atom. The lowest BCUT2D eigenvalue weighted by Gasteiger charge is -2.02. The Bertz CT molecular complexity index is 678. The third-order valence-corrected chi connectivity index (χ3v) is 3.31. The SMILES string of the molecule is CC(=O)c1ccc(C(=O)Nc2ncc([N+](=O)[O-])s2)cc1. The summed E-state index contributed by atoms with van der Waals surface area (Å²) < 4.78 is 0. The number of amides is 1. The Morgan fingerprint density at radius 3 is 2.35 bits per heavy atom. The monoisotopic (exact) mass is 291 g/mol. The van der Waals surface area contributed by atoms with Gasteiger partial charge in [0.2, 0.25) is 0 Å². The lowest BCUT2D eigenvalue weighted by atomic mass is 10.1. The van der Waals surface area contributed by atoms with E-state index in [-0.39, 0.29) is 15.9 Å². The van der Waals surface area contributed by atoms with Crippen molar-refractivity contribution in [3.63, 3.8) is 0 Å². The number of ketones is 1. The van der Waals surface area contributed by atoms with Crippen molar-refractivity contribution in [2.24, 2.45) is 0 Å². The van der Waals surface area contributed by atoms with Crippen LogP contribution >= 0.6 is 11.3 Å². The minimum Gasteiger partial charge on any atom is -0.298 e. The summed E-state index contributed by atoms with van der Waals surface area (Å²) in [4.78, 5) is 36.7. The number of nitrogens with one attached hydrogen (secondary N) is 1. The first kappa shape index (κ1) is 13.8. The van der Waals surface area contributed by atoms with E-state index in [9.17, 15) is 19.7 Å². The summed E-state index contributed by atoms with van der Waals surface area (Å²) in [6.45, 7) is 1.43. The fourth-order valence-corrected chi connectivity index (χ4v) is 2.06. The third-order valence-electron chi connectivity index (χ3n) is 2.45. The molecule has 2 aromatic rings. The fraction of sp³-hybridized carbons (Fsp3) is 0.0833. The van der Waals surface area contributed by atoms with Gasteiger partial charge in [-0.15, -0.1) is 0 Å². The maximum Gasteiger partial charge on any atom is 0.345 e. The summed E-state index contributed by atoms with van der Waals surface area (Å²) in [7, 11) is 0. The van der Waals surface area contributed by atoms with E-state index in [2.05, 4.69) is 10.3 Å². The molecule has 0 aliphatic carbocycles. The maximum absolute atomic E-state index is 11.9. The minimum atomic E-state index is -0.574. The molecule has 0 spiro atoms. The smallest absolute Gasteiger partial charge is 0.298 e. The van der Waals surface area contributed by atoms with Crippen molar-refractivity contribution in [3.05, 3.63) is 51.7 Å². The van der Waals surface area contributed by atoms with Gasteiger partial charge >= 0.3 is 5.00 Å². The molecule has 7 nitrogen and oxygen atoms in total. The zero-order valence-corrected chi connectivity index (χ0v) is 11.1. The molecule has 2 rings (SSSR count). The molecule has 0 saturated heterocycles. The van der Waals surface area contributed by atoms with Gasteiger partial charge in [-0.2, -0.15) is 0 Å². The number of hydrogen-bond acceptors (Lipinski definition) is 6. The van der Waals surface area contributed by atoms with E-state index < -0.39 is 10.8 Å². The summed E-state index contributed by atoms with van der Waals surface area (Å²) in [5.74, 6) is -0.531. The van der Waals surface area contributed by atoms with E-state index in [1.165, 1.54) is 19.1 Å². The number of nitro groups is 1. The molecule has 20 heavy (non-hydrogen) atoms. The van der Waals surface area contributed by atoms with Gasteiger partial charge in [0, 0.05) is 11.1 Å². The molecule has 1 N–H and O–H groups in total. The molecule has 0 bridgehead atoms. The second kappa shape index (κ2) is 5.57. The number of carbonyl (C=O) groups is 2. The van der Waals surface area contributed by atoms with Gasteiger partial charge in [-0.05, 0) is 30.4 Å². The molecule has 0 fully saturated rings. The Labute approximate surface area is 117 Å². The van der Waals surface area contributed by atoms with Crippen molar-refractivity contribution in [2.45, 2.75) is 6.92 Å². The van der Waals surface area contributed by atoms with Crippen LogP contribution < -0.4 is 5.32 Å². The van der Waals surface area contributed by atoms with Crippen LogP contribution in [0, 0.1) is 10.1 Å². The van der Waals surface area contributed by atoms with Gasteiger partial charge in [0.25, 0.3) is 5.91 Å². The van der Waals surface area contributed by atoms with Crippen LogP contribution in [0.25, 0.3) is 0 Å². The lowest BCUT2D eigenvalue weighted by molar-refractivity contribution is -0.380. The Kier molecular flexibility index (Phi) is 3.85. The number of rotatable bonds is 4. The van der Waals surface area contributed by atoms with Crippen LogP contribution in [-0.2, 0) is 0 Å². The third kappa shape index (κ3) is 3.04. The van der Waals surface area contributed by atoms with Crippen LogP contribution in [0.4, 0.5) is 10.1 Å². The predicted molar refractivity (Wildman–Crippen MR) is 73.2 cm³/mol. The molecule has 102 valence electrons. The van der Waals surface area contributed by atoms with Crippen molar-refractivity contribution in [1.82, 2.24) is 4.98 Å². The Hall–Kier alpha value is -2.61. The molecular formula is C12H9N3O4S.